The molecule has 0 spiro atoms. The molecule has 3 saturated heterocycles. The van der Waals surface area contributed by atoms with Crippen LogP contribution in [-0.2, 0) is 4.74 Å². The summed E-state index contributed by atoms with van der Waals surface area (Å²) in [4.78, 5) is 17.4. The van der Waals surface area contributed by atoms with Gasteiger partial charge in [-0.15, -0.1) is 0 Å². The van der Waals surface area contributed by atoms with Gasteiger partial charge in [0, 0.05) is 18.8 Å². The molecule has 1 aromatic rings. The number of rotatable bonds is 4. The molecule has 3 heterocycles. The first-order valence-corrected chi connectivity index (χ1v) is 9.96. The summed E-state index contributed by atoms with van der Waals surface area (Å²) in [6.45, 7) is 6.13. The molecule has 2 bridgehead atoms. The zero-order valence-corrected chi connectivity index (χ0v) is 15.3. The van der Waals surface area contributed by atoms with E-state index in [0.717, 1.165) is 18.8 Å². The topological polar surface area (TPSA) is 32.8 Å². The number of ether oxygens (including phenoxy) is 1. The van der Waals surface area contributed by atoms with Crippen LogP contribution in [0, 0.1) is 18.8 Å². The Hall–Kier alpha value is -1.55. The van der Waals surface area contributed by atoms with E-state index in [-0.39, 0.29) is 12.2 Å². The van der Waals surface area contributed by atoms with Crippen LogP contribution in [0.15, 0.2) is 24.3 Å². The van der Waals surface area contributed by atoms with Gasteiger partial charge in [-0.2, -0.15) is 0 Å². The summed E-state index contributed by atoms with van der Waals surface area (Å²) in [5.41, 5.74) is 2.17. The fraction of sp³-hybridized carbons (Fsp3) is 0.667. The van der Waals surface area contributed by atoms with Gasteiger partial charge in [0.2, 0.25) is 0 Å². The van der Waals surface area contributed by atoms with Crippen LogP contribution in [0.5, 0.6) is 0 Å². The van der Waals surface area contributed by atoms with Crippen molar-refractivity contribution in [3.63, 3.8) is 0 Å². The standard InChI is InChI=1S/C21H30N2O2/c1-16-5-4-8-19(13-16)23(14-17-6-2-3-7-17)21(24)25-20-15-22-11-9-18(20)10-12-22/h4-5,8,13,17-18,20H,2-3,6-7,9-12,14-15H2,1H3. The third-order valence-corrected chi connectivity index (χ3v) is 6.30. The second-order valence-corrected chi connectivity index (χ2v) is 8.16. The Labute approximate surface area is 151 Å². The first-order valence-electron chi connectivity index (χ1n) is 9.96. The van der Waals surface area contributed by atoms with Crippen LogP contribution in [0.25, 0.3) is 0 Å². The van der Waals surface area contributed by atoms with Crippen LogP contribution in [0.4, 0.5) is 10.5 Å². The highest BCUT2D eigenvalue weighted by Crippen LogP contribution is 2.32. The zero-order valence-electron chi connectivity index (χ0n) is 15.3. The summed E-state index contributed by atoms with van der Waals surface area (Å²) in [5.74, 6) is 1.17. The van der Waals surface area contributed by atoms with Crippen LogP contribution in [0.1, 0.15) is 44.1 Å². The SMILES string of the molecule is Cc1cccc(N(CC2CCCC2)C(=O)OC2CN3CCC2CC3)c1. The average molecular weight is 342 g/mol. The molecule has 25 heavy (non-hydrogen) atoms. The van der Waals surface area contributed by atoms with Crippen molar-refractivity contribution in [3.8, 4) is 0 Å². The molecule has 4 nitrogen and oxygen atoms in total. The van der Waals surface area contributed by atoms with Gasteiger partial charge in [0.1, 0.15) is 6.10 Å². The minimum Gasteiger partial charge on any atom is -0.444 e. The number of fused-ring (bicyclic) bond motifs is 3. The molecular formula is C21H30N2O2. The molecule has 136 valence electrons. The van der Waals surface area contributed by atoms with E-state index in [2.05, 4.69) is 24.0 Å². The van der Waals surface area contributed by atoms with Crippen LogP contribution in [0.2, 0.25) is 0 Å². The first-order chi connectivity index (χ1) is 12.2. The van der Waals surface area contributed by atoms with E-state index < -0.39 is 0 Å². The monoisotopic (exact) mass is 342 g/mol. The summed E-state index contributed by atoms with van der Waals surface area (Å²) in [5, 5.41) is 0. The quantitative estimate of drug-likeness (QED) is 0.821. The van der Waals surface area contributed by atoms with Crippen molar-refractivity contribution in [1.82, 2.24) is 4.90 Å². The lowest BCUT2D eigenvalue weighted by Crippen LogP contribution is -2.53. The molecule has 4 heteroatoms. The Morgan fingerprint density at radius 2 is 1.96 bits per heavy atom. The van der Waals surface area contributed by atoms with Crippen LogP contribution in [-0.4, -0.2) is 43.3 Å². The third-order valence-electron chi connectivity index (χ3n) is 6.30. The van der Waals surface area contributed by atoms with Gasteiger partial charge < -0.3 is 4.74 Å². The van der Waals surface area contributed by atoms with E-state index in [1.807, 2.05) is 17.0 Å². The first kappa shape index (κ1) is 16.9. The van der Waals surface area contributed by atoms with Crippen LogP contribution >= 0.6 is 0 Å². The van der Waals surface area contributed by atoms with E-state index in [9.17, 15) is 4.79 Å². The number of carbonyl (C=O) groups excluding carboxylic acids is 1. The number of hydrogen-bond donors (Lipinski definition) is 0. The summed E-state index contributed by atoms with van der Waals surface area (Å²) in [7, 11) is 0. The number of piperidine rings is 3. The highest BCUT2D eigenvalue weighted by molar-refractivity contribution is 5.87. The largest absolute Gasteiger partial charge is 0.444 e. The van der Waals surface area contributed by atoms with Crippen molar-refractivity contribution < 1.29 is 9.53 Å². The number of benzene rings is 1. The fourth-order valence-electron chi connectivity index (χ4n) is 4.77. The lowest BCUT2D eigenvalue weighted by molar-refractivity contribution is -0.0311. The molecule has 1 amide bonds. The predicted octanol–water partition coefficient (Wildman–Crippen LogP) is 4.22. The van der Waals surface area contributed by atoms with Crippen molar-refractivity contribution in [2.24, 2.45) is 11.8 Å². The highest BCUT2D eigenvalue weighted by Gasteiger charge is 2.37. The number of carbonyl (C=O) groups is 1. The van der Waals surface area contributed by atoms with Gasteiger partial charge in [0.05, 0.1) is 0 Å². The Morgan fingerprint density at radius 3 is 2.60 bits per heavy atom. The van der Waals surface area contributed by atoms with Crippen molar-refractivity contribution in [1.29, 1.82) is 0 Å². The van der Waals surface area contributed by atoms with E-state index in [1.165, 1.54) is 57.2 Å². The van der Waals surface area contributed by atoms with Gasteiger partial charge in [-0.25, -0.2) is 4.79 Å². The van der Waals surface area contributed by atoms with E-state index in [1.54, 1.807) is 0 Å². The molecular weight excluding hydrogens is 312 g/mol. The van der Waals surface area contributed by atoms with Gasteiger partial charge in [-0.05, 0) is 75.2 Å². The number of amides is 1. The molecule has 3 aliphatic heterocycles. The van der Waals surface area contributed by atoms with Gasteiger partial charge in [-0.1, -0.05) is 25.0 Å². The summed E-state index contributed by atoms with van der Waals surface area (Å²) < 4.78 is 6.04. The fourth-order valence-corrected chi connectivity index (χ4v) is 4.77. The molecule has 0 aromatic heterocycles. The molecule has 4 aliphatic rings. The molecule has 0 radical (unpaired) electrons. The molecule has 1 aliphatic carbocycles. The van der Waals surface area contributed by atoms with E-state index >= 15 is 0 Å². The van der Waals surface area contributed by atoms with Crippen molar-refractivity contribution in [2.45, 2.75) is 51.6 Å². The zero-order chi connectivity index (χ0) is 17.2. The number of anilines is 1. The van der Waals surface area contributed by atoms with Crippen molar-refractivity contribution >= 4 is 11.8 Å². The highest BCUT2D eigenvalue weighted by atomic mass is 16.6. The van der Waals surface area contributed by atoms with Gasteiger partial charge >= 0.3 is 6.09 Å². The summed E-state index contributed by atoms with van der Waals surface area (Å²) >= 11 is 0. The smallest absolute Gasteiger partial charge is 0.414 e. The second-order valence-electron chi connectivity index (χ2n) is 8.16. The maximum Gasteiger partial charge on any atom is 0.414 e. The van der Waals surface area contributed by atoms with Crippen molar-refractivity contribution in [3.05, 3.63) is 29.8 Å². The minimum absolute atomic E-state index is 0.0749. The van der Waals surface area contributed by atoms with Crippen LogP contribution in [0.3, 0.4) is 0 Å². The summed E-state index contributed by atoms with van der Waals surface area (Å²) in [6, 6.07) is 8.26. The predicted molar refractivity (Wildman–Crippen MR) is 99.9 cm³/mol. The lowest BCUT2D eigenvalue weighted by Gasteiger charge is -2.44. The number of nitrogens with zero attached hydrogens (tertiary/aromatic N) is 2. The Balaban J connectivity index is 1.49. The molecule has 1 atom stereocenters. The minimum atomic E-state index is -0.142. The van der Waals surface area contributed by atoms with Crippen molar-refractivity contribution in [2.75, 3.05) is 31.1 Å². The normalized spacial score (nSPS) is 28.9. The van der Waals surface area contributed by atoms with Gasteiger partial charge in [-0.3, -0.25) is 9.80 Å². The maximum atomic E-state index is 13.1. The van der Waals surface area contributed by atoms with Gasteiger partial charge in [0.25, 0.3) is 0 Å². The Bertz CT molecular complexity index is 604. The number of hydrogen-bond acceptors (Lipinski definition) is 3. The molecule has 1 aromatic carbocycles. The third kappa shape index (κ3) is 3.84. The van der Waals surface area contributed by atoms with Crippen LogP contribution < -0.4 is 4.90 Å². The molecule has 5 rings (SSSR count). The number of aryl methyl sites for hydroxylation is 1. The maximum absolute atomic E-state index is 13.1. The molecule has 1 unspecified atom stereocenters. The summed E-state index contributed by atoms with van der Waals surface area (Å²) in [6.07, 6.45) is 7.32. The molecule has 1 saturated carbocycles. The lowest BCUT2D eigenvalue weighted by atomic mass is 9.86. The van der Waals surface area contributed by atoms with E-state index in [4.69, 9.17) is 4.74 Å². The second kappa shape index (κ2) is 7.36. The Morgan fingerprint density at radius 1 is 1.20 bits per heavy atom. The molecule has 4 fully saturated rings. The van der Waals surface area contributed by atoms with Gasteiger partial charge in [0.15, 0.2) is 0 Å². The van der Waals surface area contributed by atoms with E-state index in [0.29, 0.717) is 11.8 Å². The average Bonchev–Trinajstić information content (AvgIpc) is 3.14. The Kier molecular flexibility index (Phi) is 4.98. The molecule has 0 N–H and O–H groups in total.